The van der Waals surface area contributed by atoms with Crippen molar-refractivity contribution in [2.45, 2.75) is 31.8 Å². The Labute approximate surface area is 158 Å². The third-order valence-corrected chi connectivity index (χ3v) is 5.89. The van der Waals surface area contributed by atoms with Gasteiger partial charge < -0.3 is 14.8 Å². The molecule has 4 heterocycles. The third kappa shape index (κ3) is 2.47. The minimum absolute atomic E-state index is 0.0798. The standard InChI is InChI=1S/C21H23N5O/c1-2-25-15-16(14-22-25)20(27)24-12-9-21(10-13-24)19-8-5-11-26(19)18-7-4-3-6-17(18)23-21/h3-8,11,14-15,23H,2,9-10,12-13H2,1H3. The lowest BCUT2D eigenvalue weighted by Gasteiger charge is -2.46. The van der Waals surface area contributed by atoms with Crippen molar-refractivity contribution in [1.29, 1.82) is 0 Å². The summed E-state index contributed by atoms with van der Waals surface area (Å²) in [4.78, 5) is 14.8. The SMILES string of the molecule is CCn1cc(C(=O)N2CCC3(CC2)Nc2ccccc2-n2cccc23)cn1. The lowest BCUT2D eigenvalue weighted by molar-refractivity contribution is 0.0676. The molecule has 1 saturated heterocycles. The van der Waals surface area contributed by atoms with E-state index in [1.807, 2.05) is 18.0 Å². The minimum atomic E-state index is -0.123. The van der Waals surface area contributed by atoms with Crippen molar-refractivity contribution in [2.75, 3.05) is 18.4 Å². The fourth-order valence-electron chi connectivity index (χ4n) is 4.39. The zero-order chi connectivity index (χ0) is 18.4. The molecule has 3 aromatic rings. The smallest absolute Gasteiger partial charge is 0.257 e. The van der Waals surface area contributed by atoms with Gasteiger partial charge in [-0.15, -0.1) is 0 Å². The van der Waals surface area contributed by atoms with E-state index in [0.717, 1.165) is 38.2 Å². The number of aryl methyl sites for hydroxylation is 1. The molecule has 0 radical (unpaired) electrons. The van der Waals surface area contributed by atoms with E-state index >= 15 is 0 Å². The van der Waals surface area contributed by atoms with Gasteiger partial charge in [0.05, 0.1) is 28.7 Å². The zero-order valence-corrected chi connectivity index (χ0v) is 15.4. The molecule has 6 heteroatoms. The van der Waals surface area contributed by atoms with Gasteiger partial charge in [-0.3, -0.25) is 9.48 Å². The summed E-state index contributed by atoms with van der Waals surface area (Å²) in [6, 6.07) is 12.7. The minimum Gasteiger partial charge on any atom is -0.372 e. The van der Waals surface area contributed by atoms with Crippen molar-refractivity contribution in [2.24, 2.45) is 0 Å². The molecule has 6 nitrogen and oxygen atoms in total. The largest absolute Gasteiger partial charge is 0.372 e. The number of aromatic nitrogens is 3. The van der Waals surface area contributed by atoms with Gasteiger partial charge in [-0.2, -0.15) is 5.10 Å². The number of piperidine rings is 1. The van der Waals surface area contributed by atoms with Crippen molar-refractivity contribution in [3.8, 4) is 5.69 Å². The number of likely N-dealkylation sites (tertiary alicyclic amines) is 1. The van der Waals surface area contributed by atoms with Crippen molar-refractivity contribution in [3.05, 3.63) is 66.2 Å². The van der Waals surface area contributed by atoms with Crippen LogP contribution in [-0.2, 0) is 12.1 Å². The topological polar surface area (TPSA) is 55.1 Å². The van der Waals surface area contributed by atoms with Crippen LogP contribution in [0.5, 0.6) is 0 Å². The second-order valence-corrected chi connectivity index (χ2v) is 7.36. The van der Waals surface area contributed by atoms with E-state index in [9.17, 15) is 4.79 Å². The van der Waals surface area contributed by atoms with Crippen LogP contribution in [0.4, 0.5) is 5.69 Å². The first-order valence-corrected chi connectivity index (χ1v) is 9.57. The fourth-order valence-corrected chi connectivity index (χ4v) is 4.39. The molecule has 0 unspecified atom stereocenters. The normalized spacial score (nSPS) is 17.3. The quantitative estimate of drug-likeness (QED) is 0.762. The molecule has 0 saturated carbocycles. The molecule has 2 aliphatic heterocycles. The highest BCUT2D eigenvalue weighted by Crippen LogP contribution is 2.43. The summed E-state index contributed by atoms with van der Waals surface area (Å²) in [6.45, 7) is 4.26. The van der Waals surface area contributed by atoms with Gasteiger partial charge in [0.25, 0.3) is 5.91 Å². The van der Waals surface area contributed by atoms with Crippen LogP contribution in [0.25, 0.3) is 5.69 Å². The Bertz CT molecular complexity index is 993. The van der Waals surface area contributed by atoms with Gasteiger partial charge in [0, 0.05) is 37.7 Å². The van der Waals surface area contributed by atoms with Crippen LogP contribution in [0.1, 0.15) is 35.8 Å². The van der Waals surface area contributed by atoms with E-state index in [-0.39, 0.29) is 11.4 Å². The number of hydrogen-bond donors (Lipinski definition) is 1. The molecule has 0 bridgehead atoms. The maximum atomic E-state index is 12.8. The average Bonchev–Trinajstić information content (AvgIpc) is 3.38. The second-order valence-electron chi connectivity index (χ2n) is 7.36. The van der Waals surface area contributed by atoms with Gasteiger partial charge in [-0.05, 0) is 44.0 Å². The van der Waals surface area contributed by atoms with Crippen molar-refractivity contribution in [1.82, 2.24) is 19.2 Å². The molecule has 0 atom stereocenters. The Balaban J connectivity index is 1.39. The summed E-state index contributed by atoms with van der Waals surface area (Å²) in [5.41, 5.74) is 4.19. The summed E-state index contributed by atoms with van der Waals surface area (Å²) in [5, 5.41) is 8.03. The van der Waals surface area contributed by atoms with Gasteiger partial charge in [0.1, 0.15) is 0 Å². The second kappa shape index (κ2) is 6.01. The van der Waals surface area contributed by atoms with Crippen LogP contribution in [0, 0.1) is 0 Å². The molecular weight excluding hydrogens is 338 g/mol. The molecule has 1 amide bonds. The Hall–Kier alpha value is -3.02. The number of rotatable bonds is 2. The number of nitrogens with zero attached hydrogens (tertiary/aromatic N) is 4. The number of amides is 1. The number of carbonyl (C=O) groups excluding carboxylic acids is 1. The van der Waals surface area contributed by atoms with Crippen molar-refractivity contribution in [3.63, 3.8) is 0 Å². The molecule has 2 aromatic heterocycles. The molecule has 2 aliphatic rings. The lowest BCUT2D eigenvalue weighted by Crippen LogP contribution is -2.51. The Morgan fingerprint density at radius 2 is 2.00 bits per heavy atom. The molecular formula is C21H23N5O. The van der Waals surface area contributed by atoms with Gasteiger partial charge in [-0.1, -0.05) is 12.1 Å². The summed E-state index contributed by atoms with van der Waals surface area (Å²) in [5.74, 6) is 0.0798. The predicted molar refractivity (Wildman–Crippen MR) is 104 cm³/mol. The number of nitrogens with one attached hydrogen (secondary N) is 1. The van der Waals surface area contributed by atoms with Crippen molar-refractivity contribution >= 4 is 11.6 Å². The molecule has 0 aliphatic carbocycles. The molecule has 1 aromatic carbocycles. The number of carbonyl (C=O) groups is 1. The third-order valence-electron chi connectivity index (χ3n) is 5.89. The molecule has 1 spiro atoms. The van der Waals surface area contributed by atoms with Gasteiger partial charge in [0.15, 0.2) is 0 Å². The van der Waals surface area contributed by atoms with E-state index in [2.05, 4.69) is 57.6 Å². The number of anilines is 1. The first-order valence-electron chi connectivity index (χ1n) is 9.57. The highest BCUT2D eigenvalue weighted by molar-refractivity contribution is 5.93. The van der Waals surface area contributed by atoms with E-state index in [0.29, 0.717) is 5.56 Å². The Morgan fingerprint density at radius 1 is 1.19 bits per heavy atom. The molecule has 1 N–H and O–H groups in total. The van der Waals surface area contributed by atoms with E-state index in [1.54, 1.807) is 10.9 Å². The molecule has 27 heavy (non-hydrogen) atoms. The van der Waals surface area contributed by atoms with Crippen LogP contribution >= 0.6 is 0 Å². The van der Waals surface area contributed by atoms with Gasteiger partial charge in [-0.25, -0.2) is 0 Å². The predicted octanol–water partition coefficient (Wildman–Crippen LogP) is 3.25. The van der Waals surface area contributed by atoms with Crippen LogP contribution < -0.4 is 5.32 Å². The highest BCUT2D eigenvalue weighted by Gasteiger charge is 2.42. The lowest BCUT2D eigenvalue weighted by atomic mass is 9.82. The summed E-state index contributed by atoms with van der Waals surface area (Å²) in [7, 11) is 0. The maximum Gasteiger partial charge on any atom is 0.257 e. The summed E-state index contributed by atoms with van der Waals surface area (Å²) in [6.07, 6.45) is 7.43. The summed E-state index contributed by atoms with van der Waals surface area (Å²) < 4.78 is 4.08. The maximum absolute atomic E-state index is 12.8. The average molecular weight is 361 g/mol. The highest BCUT2D eigenvalue weighted by atomic mass is 16.2. The number of benzene rings is 1. The van der Waals surface area contributed by atoms with E-state index in [1.165, 1.54) is 11.4 Å². The molecule has 5 rings (SSSR count). The number of para-hydroxylation sites is 2. The summed E-state index contributed by atoms with van der Waals surface area (Å²) >= 11 is 0. The molecule has 1 fully saturated rings. The molecule has 138 valence electrons. The van der Waals surface area contributed by atoms with Gasteiger partial charge in [0.2, 0.25) is 0 Å². The monoisotopic (exact) mass is 361 g/mol. The fraction of sp³-hybridized carbons (Fsp3) is 0.333. The van der Waals surface area contributed by atoms with Crippen molar-refractivity contribution < 1.29 is 4.79 Å². The van der Waals surface area contributed by atoms with E-state index in [4.69, 9.17) is 0 Å². The zero-order valence-electron chi connectivity index (χ0n) is 15.4. The van der Waals surface area contributed by atoms with Crippen LogP contribution in [-0.4, -0.2) is 38.2 Å². The Morgan fingerprint density at radius 3 is 2.78 bits per heavy atom. The first-order chi connectivity index (χ1) is 13.2. The van der Waals surface area contributed by atoms with E-state index < -0.39 is 0 Å². The van der Waals surface area contributed by atoms with Crippen LogP contribution in [0.2, 0.25) is 0 Å². The van der Waals surface area contributed by atoms with Crippen LogP contribution in [0.15, 0.2) is 55.0 Å². The number of fused-ring (bicyclic) bond motifs is 4. The van der Waals surface area contributed by atoms with Crippen LogP contribution in [0.3, 0.4) is 0 Å². The Kier molecular flexibility index (Phi) is 3.60. The number of hydrogen-bond acceptors (Lipinski definition) is 3. The first kappa shape index (κ1) is 16.2. The van der Waals surface area contributed by atoms with Gasteiger partial charge >= 0.3 is 0 Å².